The van der Waals surface area contributed by atoms with Gasteiger partial charge in [-0.3, -0.25) is 14.4 Å². The maximum Gasteiger partial charge on any atom is 0.255 e. The number of hydrogen-bond acceptors (Lipinski definition) is 3. The van der Waals surface area contributed by atoms with E-state index in [1.165, 1.54) is 5.56 Å². The van der Waals surface area contributed by atoms with Gasteiger partial charge in [0, 0.05) is 44.7 Å². The molecule has 1 saturated carbocycles. The minimum Gasteiger partial charge on any atom is -0.342 e. The zero-order chi connectivity index (χ0) is 25.7. The first kappa shape index (κ1) is 24.5. The second-order valence-electron chi connectivity index (χ2n) is 11.4. The van der Waals surface area contributed by atoms with Crippen LogP contribution in [-0.2, 0) is 11.2 Å². The third-order valence-corrected chi connectivity index (χ3v) is 9.45. The fraction of sp³-hybridized carbons (Fsp3) is 0.500. The summed E-state index contributed by atoms with van der Waals surface area (Å²) < 4.78 is 0. The van der Waals surface area contributed by atoms with E-state index in [9.17, 15) is 14.4 Å². The summed E-state index contributed by atoms with van der Waals surface area (Å²) in [4.78, 5) is 45.1. The van der Waals surface area contributed by atoms with Gasteiger partial charge < -0.3 is 14.7 Å². The fourth-order valence-electron chi connectivity index (χ4n) is 6.57. The molecule has 0 N–H and O–H groups in total. The Morgan fingerprint density at radius 1 is 0.946 bits per heavy atom. The number of likely N-dealkylation sites (tertiary alicyclic amines) is 2. The van der Waals surface area contributed by atoms with Crippen LogP contribution in [0.3, 0.4) is 0 Å². The van der Waals surface area contributed by atoms with Crippen LogP contribution in [0.1, 0.15) is 76.4 Å². The maximum atomic E-state index is 13.6. The molecule has 0 bridgehead atoms. The van der Waals surface area contributed by atoms with Crippen LogP contribution in [0, 0.1) is 11.3 Å². The Morgan fingerprint density at radius 3 is 2.35 bits per heavy atom. The maximum absolute atomic E-state index is 13.6. The lowest BCUT2D eigenvalue weighted by Gasteiger charge is -2.39. The Balaban J connectivity index is 1.14. The molecule has 2 heterocycles. The molecular weight excluding hydrogens is 486 g/mol. The first-order valence-corrected chi connectivity index (χ1v) is 14.0. The summed E-state index contributed by atoms with van der Waals surface area (Å²) in [5.41, 5.74) is 3.60. The van der Waals surface area contributed by atoms with Crippen LogP contribution in [0.5, 0.6) is 0 Å². The van der Waals surface area contributed by atoms with Crippen molar-refractivity contribution >= 4 is 29.3 Å². The molecule has 0 radical (unpaired) electrons. The van der Waals surface area contributed by atoms with Crippen LogP contribution in [0.15, 0.2) is 42.5 Å². The number of nitrogens with zero attached hydrogens (tertiary/aromatic N) is 3. The van der Waals surface area contributed by atoms with Gasteiger partial charge in [-0.05, 0) is 85.8 Å². The molecule has 194 valence electrons. The summed E-state index contributed by atoms with van der Waals surface area (Å²) in [7, 11) is 1.82. The molecule has 4 aliphatic rings. The molecule has 1 atom stereocenters. The highest BCUT2D eigenvalue weighted by Crippen LogP contribution is 2.43. The van der Waals surface area contributed by atoms with Gasteiger partial charge in [-0.2, -0.15) is 0 Å². The number of amides is 3. The van der Waals surface area contributed by atoms with Crippen molar-refractivity contribution in [1.29, 1.82) is 0 Å². The number of piperidine rings is 1. The number of carbonyl (C=O) groups is 3. The Bertz CT molecular complexity index is 1250. The topological polar surface area (TPSA) is 60.9 Å². The molecule has 3 amide bonds. The molecule has 1 spiro atoms. The van der Waals surface area contributed by atoms with E-state index in [0.29, 0.717) is 22.1 Å². The molecule has 2 aromatic rings. The highest BCUT2D eigenvalue weighted by Gasteiger charge is 2.44. The number of halogens is 1. The Morgan fingerprint density at radius 2 is 1.65 bits per heavy atom. The van der Waals surface area contributed by atoms with Crippen molar-refractivity contribution in [2.45, 2.75) is 51.0 Å². The Kier molecular flexibility index (Phi) is 6.26. The predicted octanol–water partition coefficient (Wildman–Crippen LogP) is 4.96. The van der Waals surface area contributed by atoms with Gasteiger partial charge in [0.05, 0.1) is 16.6 Å². The highest BCUT2D eigenvalue weighted by molar-refractivity contribution is 6.33. The Labute approximate surface area is 223 Å². The third kappa shape index (κ3) is 4.54. The number of rotatable bonds is 4. The summed E-state index contributed by atoms with van der Waals surface area (Å²) in [5, 5.41) is 0.451. The van der Waals surface area contributed by atoms with Gasteiger partial charge in [-0.1, -0.05) is 29.8 Å². The molecule has 2 aromatic carbocycles. The summed E-state index contributed by atoms with van der Waals surface area (Å²) in [6.45, 7) is 3.18. The van der Waals surface area contributed by atoms with Gasteiger partial charge in [0.2, 0.25) is 5.91 Å². The first-order chi connectivity index (χ1) is 17.8. The molecular formula is C30H34ClN3O3. The van der Waals surface area contributed by atoms with E-state index in [4.69, 9.17) is 11.6 Å². The number of benzene rings is 2. The second-order valence-corrected chi connectivity index (χ2v) is 11.8. The van der Waals surface area contributed by atoms with Gasteiger partial charge in [-0.15, -0.1) is 0 Å². The van der Waals surface area contributed by atoms with E-state index in [1.54, 1.807) is 17.0 Å². The predicted molar refractivity (Wildman–Crippen MR) is 143 cm³/mol. The van der Waals surface area contributed by atoms with Crippen molar-refractivity contribution in [1.82, 2.24) is 14.7 Å². The van der Waals surface area contributed by atoms with Crippen molar-refractivity contribution in [3.63, 3.8) is 0 Å². The number of hydrogen-bond donors (Lipinski definition) is 0. The smallest absolute Gasteiger partial charge is 0.255 e. The van der Waals surface area contributed by atoms with E-state index in [2.05, 4.69) is 11.0 Å². The van der Waals surface area contributed by atoms with Crippen LogP contribution >= 0.6 is 11.6 Å². The van der Waals surface area contributed by atoms with Crippen molar-refractivity contribution in [3.05, 3.63) is 69.7 Å². The van der Waals surface area contributed by atoms with Gasteiger partial charge in [0.1, 0.15) is 0 Å². The van der Waals surface area contributed by atoms with Crippen molar-refractivity contribution < 1.29 is 14.4 Å². The summed E-state index contributed by atoms with van der Waals surface area (Å²) in [6.07, 6.45) is 6.79. The van der Waals surface area contributed by atoms with E-state index in [0.717, 1.165) is 76.7 Å². The standard InChI is InChI=1S/C30H34ClN3O3/c1-32(29(37)23-4-2-3-5-25(23)31)26-11-10-20-6-9-22(18-24(20)26)28(36)34-17-14-30(19-34)12-15-33(16-13-30)27(35)21-7-8-21/h2-6,9,18,21,26H,7-8,10-17,19H2,1H3. The highest BCUT2D eigenvalue weighted by atomic mass is 35.5. The summed E-state index contributed by atoms with van der Waals surface area (Å²) in [5.74, 6) is 0.583. The van der Waals surface area contributed by atoms with Crippen molar-refractivity contribution in [2.24, 2.45) is 11.3 Å². The summed E-state index contributed by atoms with van der Waals surface area (Å²) >= 11 is 6.29. The van der Waals surface area contributed by atoms with Crippen LogP contribution in [0.25, 0.3) is 0 Å². The monoisotopic (exact) mass is 519 g/mol. The molecule has 6 nitrogen and oxygen atoms in total. The van der Waals surface area contributed by atoms with E-state index >= 15 is 0 Å². The molecule has 2 aliphatic heterocycles. The largest absolute Gasteiger partial charge is 0.342 e. The molecule has 37 heavy (non-hydrogen) atoms. The minimum absolute atomic E-state index is 0.0712. The number of aryl methyl sites for hydroxylation is 1. The molecule has 7 heteroatoms. The zero-order valence-corrected chi connectivity index (χ0v) is 22.2. The average Bonchev–Trinajstić information content (AvgIpc) is 3.57. The third-order valence-electron chi connectivity index (χ3n) is 9.12. The van der Waals surface area contributed by atoms with Crippen LogP contribution in [-0.4, -0.2) is 65.6 Å². The normalized spacial score (nSPS) is 22.3. The lowest BCUT2D eigenvalue weighted by atomic mass is 9.77. The van der Waals surface area contributed by atoms with Crippen molar-refractivity contribution in [3.8, 4) is 0 Å². The first-order valence-electron chi connectivity index (χ1n) is 13.6. The minimum atomic E-state index is -0.104. The molecule has 3 fully saturated rings. The lowest BCUT2D eigenvalue weighted by Crippen LogP contribution is -2.45. The van der Waals surface area contributed by atoms with Gasteiger partial charge in [0.15, 0.2) is 0 Å². The quantitative estimate of drug-likeness (QED) is 0.573. The second kappa shape index (κ2) is 9.46. The van der Waals surface area contributed by atoms with Gasteiger partial charge in [0.25, 0.3) is 11.8 Å². The van der Waals surface area contributed by atoms with E-state index in [-0.39, 0.29) is 29.2 Å². The Hall–Kier alpha value is -2.86. The van der Waals surface area contributed by atoms with Crippen LogP contribution in [0.2, 0.25) is 5.02 Å². The molecule has 2 aliphatic carbocycles. The van der Waals surface area contributed by atoms with E-state index in [1.807, 2.05) is 36.2 Å². The lowest BCUT2D eigenvalue weighted by molar-refractivity contribution is -0.134. The number of carbonyl (C=O) groups excluding carboxylic acids is 3. The molecule has 1 unspecified atom stereocenters. The summed E-state index contributed by atoms with van der Waals surface area (Å²) in [6, 6.07) is 13.1. The molecule has 2 saturated heterocycles. The SMILES string of the molecule is CN(C(=O)c1ccccc1Cl)C1CCc2ccc(C(=O)N3CCC4(CCN(C(=O)C5CC5)CC4)C3)cc21. The van der Waals surface area contributed by atoms with Crippen molar-refractivity contribution in [2.75, 3.05) is 33.2 Å². The van der Waals surface area contributed by atoms with Crippen LogP contribution in [0.4, 0.5) is 0 Å². The molecule has 6 rings (SSSR count). The van der Waals surface area contributed by atoms with Gasteiger partial charge >= 0.3 is 0 Å². The van der Waals surface area contributed by atoms with Gasteiger partial charge in [-0.25, -0.2) is 0 Å². The average molecular weight is 520 g/mol. The zero-order valence-electron chi connectivity index (χ0n) is 21.4. The fourth-order valence-corrected chi connectivity index (χ4v) is 6.79. The van der Waals surface area contributed by atoms with E-state index < -0.39 is 0 Å². The van der Waals surface area contributed by atoms with Crippen LogP contribution < -0.4 is 0 Å². The number of fused-ring (bicyclic) bond motifs is 1. The molecule has 0 aromatic heterocycles.